The lowest BCUT2D eigenvalue weighted by Gasteiger charge is -2.33. The van der Waals surface area contributed by atoms with E-state index in [-0.39, 0.29) is 11.9 Å². The predicted octanol–water partition coefficient (Wildman–Crippen LogP) is 2.09. The number of piperidine rings is 1. The lowest BCUT2D eigenvalue weighted by molar-refractivity contribution is -0.385. The summed E-state index contributed by atoms with van der Waals surface area (Å²) >= 11 is 0. The van der Waals surface area contributed by atoms with Gasteiger partial charge in [0.1, 0.15) is 17.3 Å². The Balaban J connectivity index is 1.55. The topological polar surface area (TPSA) is 119 Å². The average molecular weight is 395 g/mol. The highest BCUT2D eigenvalue weighted by Crippen LogP contribution is 2.24. The SMILES string of the molecule is Cc1cc(N2CCC(Nc3nc4ccccn4c(=O)c3[N+](=O)[O-])CC2)nc(C)n1. The Morgan fingerprint density at radius 2 is 1.93 bits per heavy atom. The quantitative estimate of drug-likeness (QED) is 0.527. The number of nitrogens with one attached hydrogen (secondary N) is 1. The maximum atomic E-state index is 12.6. The van der Waals surface area contributed by atoms with Gasteiger partial charge in [-0.15, -0.1) is 0 Å². The molecule has 0 radical (unpaired) electrons. The first-order valence-corrected chi connectivity index (χ1v) is 9.42. The number of aromatic nitrogens is 4. The van der Waals surface area contributed by atoms with E-state index in [4.69, 9.17) is 0 Å². The molecule has 0 bridgehead atoms. The first-order valence-electron chi connectivity index (χ1n) is 9.42. The largest absolute Gasteiger partial charge is 0.376 e. The van der Waals surface area contributed by atoms with Crippen molar-refractivity contribution >= 4 is 23.0 Å². The summed E-state index contributed by atoms with van der Waals surface area (Å²) in [6, 6.07) is 6.96. The van der Waals surface area contributed by atoms with Crippen LogP contribution in [0.4, 0.5) is 17.3 Å². The molecular formula is C19H21N7O3. The summed E-state index contributed by atoms with van der Waals surface area (Å²) in [6.07, 6.45) is 2.97. The standard InChI is InChI=1S/C19H21N7O3/c1-12-11-16(21-13(2)20-12)24-9-6-14(7-10-24)22-18-17(26(28)29)19(27)25-8-4-3-5-15(25)23-18/h3-5,8,11,14,22H,6-7,9-10H2,1-2H3. The third kappa shape index (κ3) is 3.73. The number of hydrogen-bond acceptors (Lipinski definition) is 8. The molecule has 0 unspecified atom stereocenters. The van der Waals surface area contributed by atoms with Gasteiger partial charge in [0.15, 0.2) is 0 Å². The van der Waals surface area contributed by atoms with E-state index in [1.807, 2.05) is 19.9 Å². The van der Waals surface area contributed by atoms with Crippen molar-refractivity contribution < 1.29 is 4.92 Å². The van der Waals surface area contributed by atoms with Crippen molar-refractivity contribution in [3.05, 3.63) is 62.4 Å². The Kier molecular flexibility index (Phi) is 4.83. The van der Waals surface area contributed by atoms with Crippen LogP contribution in [0.3, 0.4) is 0 Å². The second-order valence-electron chi connectivity index (χ2n) is 7.12. The number of nitrogens with zero attached hydrogens (tertiary/aromatic N) is 6. The van der Waals surface area contributed by atoms with Crippen LogP contribution in [0.5, 0.6) is 0 Å². The van der Waals surface area contributed by atoms with Gasteiger partial charge in [-0.3, -0.25) is 19.3 Å². The lowest BCUT2D eigenvalue weighted by Crippen LogP contribution is -2.40. The van der Waals surface area contributed by atoms with Gasteiger partial charge in [-0.05, 0) is 38.8 Å². The zero-order valence-electron chi connectivity index (χ0n) is 16.2. The third-order valence-corrected chi connectivity index (χ3v) is 5.01. The van der Waals surface area contributed by atoms with Gasteiger partial charge < -0.3 is 10.2 Å². The monoisotopic (exact) mass is 395 g/mol. The van der Waals surface area contributed by atoms with E-state index in [1.165, 1.54) is 10.6 Å². The number of nitro groups is 1. The van der Waals surface area contributed by atoms with E-state index in [1.54, 1.807) is 18.2 Å². The second kappa shape index (κ2) is 7.46. The molecule has 1 aliphatic rings. The number of aryl methyl sites for hydroxylation is 2. The zero-order valence-corrected chi connectivity index (χ0v) is 16.2. The fourth-order valence-electron chi connectivity index (χ4n) is 3.65. The molecule has 4 rings (SSSR count). The Morgan fingerprint density at radius 1 is 1.17 bits per heavy atom. The molecule has 1 fully saturated rings. The summed E-state index contributed by atoms with van der Waals surface area (Å²) in [6.45, 7) is 5.30. The van der Waals surface area contributed by atoms with E-state index in [0.717, 1.165) is 43.3 Å². The molecule has 0 saturated carbocycles. The number of fused-ring (bicyclic) bond motifs is 1. The fourth-order valence-corrected chi connectivity index (χ4v) is 3.65. The smallest absolute Gasteiger partial charge is 0.361 e. The normalized spacial score (nSPS) is 14.9. The van der Waals surface area contributed by atoms with Crippen LogP contribution in [0.2, 0.25) is 0 Å². The number of anilines is 2. The van der Waals surface area contributed by atoms with Gasteiger partial charge in [0.25, 0.3) is 0 Å². The number of hydrogen-bond donors (Lipinski definition) is 1. The summed E-state index contributed by atoms with van der Waals surface area (Å²) in [5, 5.41) is 14.7. The highest BCUT2D eigenvalue weighted by atomic mass is 16.6. The molecule has 1 N–H and O–H groups in total. The minimum Gasteiger partial charge on any atom is -0.361 e. The number of pyridine rings is 1. The van der Waals surface area contributed by atoms with Crippen LogP contribution in [-0.2, 0) is 0 Å². The minimum atomic E-state index is -0.688. The van der Waals surface area contributed by atoms with E-state index >= 15 is 0 Å². The summed E-state index contributed by atoms with van der Waals surface area (Å²) < 4.78 is 1.19. The zero-order chi connectivity index (χ0) is 20.5. The first-order chi connectivity index (χ1) is 13.9. The summed E-state index contributed by atoms with van der Waals surface area (Å²) in [7, 11) is 0. The molecule has 10 nitrogen and oxygen atoms in total. The van der Waals surface area contributed by atoms with Gasteiger partial charge in [-0.25, -0.2) is 15.0 Å². The summed E-state index contributed by atoms with van der Waals surface area (Å²) in [4.78, 5) is 38.7. The predicted molar refractivity (Wildman–Crippen MR) is 108 cm³/mol. The fraction of sp³-hybridized carbons (Fsp3) is 0.368. The van der Waals surface area contributed by atoms with Gasteiger partial charge in [0, 0.05) is 37.1 Å². The molecule has 3 aromatic heterocycles. The third-order valence-electron chi connectivity index (χ3n) is 5.01. The van der Waals surface area contributed by atoms with Crippen LogP contribution < -0.4 is 15.8 Å². The van der Waals surface area contributed by atoms with E-state index < -0.39 is 16.2 Å². The molecule has 1 aliphatic heterocycles. The average Bonchev–Trinajstić information content (AvgIpc) is 2.67. The van der Waals surface area contributed by atoms with Crippen molar-refractivity contribution in [3.63, 3.8) is 0 Å². The molecule has 4 heterocycles. The van der Waals surface area contributed by atoms with E-state index in [2.05, 4.69) is 25.2 Å². The van der Waals surface area contributed by atoms with Gasteiger partial charge in [0.2, 0.25) is 5.82 Å². The number of rotatable bonds is 4. The Bertz CT molecular complexity index is 1120. The Labute approximate surface area is 166 Å². The van der Waals surface area contributed by atoms with Crippen molar-refractivity contribution in [2.24, 2.45) is 0 Å². The lowest BCUT2D eigenvalue weighted by atomic mass is 10.0. The van der Waals surface area contributed by atoms with E-state index in [9.17, 15) is 14.9 Å². The molecule has 10 heteroatoms. The van der Waals surface area contributed by atoms with Crippen molar-refractivity contribution in [2.45, 2.75) is 32.7 Å². The van der Waals surface area contributed by atoms with Gasteiger partial charge in [-0.2, -0.15) is 0 Å². The molecule has 0 aliphatic carbocycles. The van der Waals surface area contributed by atoms with E-state index in [0.29, 0.717) is 5.65 Å². The molecule has 0 spiro atoms. The summed E-state index contributed by atoms with van der Waals surface area (Å²) in [5.74, 6) is 1.65. The van der Waals surface area contributed by atoms with Crippen molar-refractivity contribution in [3.8, 4) is 0 Å². The maximum Gasteiger partial charge on any atom is 0.376 e. The van der Waals surface area contributed by atoms with Crippen molar-refractivity contribution in [2.75, 3.05) is 23.3 Å². The molecule has 150 valence electrons. The molecule has 0 atom stereocenters. The highest BCUT2D eigenvalue weighted by Gasteiger charge is 2.27. The molecule has 1 saturated heterocycles. The van der Waals surface area contributed by atoms with Crippen LogP contribution in [0.1, 0.15) is 24.4 Å². The Morgan fingerprint density at radius 3 is 2.62 bits per heavy atom. The van der Waals surface area contributed by atoms with Gasteiger partial charge >= 0.3 is 11.2 Å². The first kappa shape index (κ1) is 18.8. The summed E-state index contributed by atoms with van der Waals surface area (Å²) in [5.41, 5.74) is 0.0739. The van der Waals surface area contributed by atoms with Crippen molar-refractivity contribution in [1.29, 1.82) is 0 Å². The molecule has 3 aromatic rings. The molecular weight excluding hydrogens is 374 g/mol. The second-order valence-corrected chi connectivity index (χ2v) is 7.12. The molecule has 0 aromatic carbocycles. The van der Waals surface area contributed by atoms with Gasteiger partial charge in [0.05, 0.1) is 4.92 Å². The van der Waals surface area contributed by atoms with Crippen LogP contribution in [-0.4, -0.2) is 43.4 Å². The van der Waals surface area contributed by atoms with Crippen LogP contribution in [0.25, 0.3) is 5.65 Å². The molecule has 29 heavy (non-hydrogen) atoms. The maximum absolute atomic E-state index is 12.6. The highest BCUT2D eigenvalue weighted by molar-refractivity contribution is 5.60. The molecule has 0 amide bonds. The van der Waals surface area contributed by atoms with Crippen LogP contribution >= 0.6 is 0 Å². The Hall–Kier alpha value is -3.56. The van der Waals surface area contributed by atoms with Crippen LogP contribution in [0.15, 0.2) is 35.3 Å². The van der Waals surface area contributed by atoms with Gasteiger partial charge in [-0.1, -0.05) is 6.07 Å². The minimum absolute atomic E-state index is 0.0213. The van der Waals surface area contributed by atoms with Crippen LogP contribution in [0, 0.1) is 24.0 Å². The van der Waals surface area contributed by atoms with Crippen molar-refractivity contribution in [1.82, 2.24) is 19.4 Å².